The molecule has 5 heteroatoms. The van der Waals surface area contributed by atoms with Crippen LogP contribution in [0.4, 0.5) is 10.1 Å². The highest BCUT2D eigenvalue weighted by Gasteiger charge is 2.08. The number of pyridine rings is 1. The molecular formula is C16H12BrFN2O. The minimum atomic E-state index is -0.339. The molecule has 2 N–H and O–H groups in total. The molecule has 2 aromatic carbocycles. The molecule has 0 radical (unpaired) electrons. The standard InChI is InChI=1S/C16H12BrFN2O/c17-13-5-4-11(18)8-15(13)21-9-10-3-6-14(19)12-2-1-7-20-16(10)12/h1-8H,9,19H2. The van der Waals surface area contributed by atoms with Gasteiger partial charge in [0, 0.05) is 28.9 Å². The molecule has 21 heavy (non-hydrogen) atoms. The van der Waals surface area contributed by atoms with Crippen molar-refractivity contribution < 1.29 is 9.13 Å². The van der Waals surface area contributed by atoms with E-state index in [-0.39, 0.29) is 12.4 Å². The summed E-state index contributed by atoms with van der Waals surface area (Å²) in [6.45, 7) is 0.288. The largest absolute Gasteiger partial charge is 0.488 e. The molecule has 0 aliphatic heterocycles. The molecule has 1 aromatic heterocycles. The van der Waals surface area contributed by atoms with Crippen LogP contribution in [0, 0.1) is 5.82 Å². The van der Waals surface area contributed by atoms with E-state index in [2.05, 4.69) is 20.9 Å². The molecule has 106 valence electrons. The SMILES string of the molecule is Nc1ccc(COc2cc(F)ccc2Br)c2ncccc12. The average molecular weight is 347 g/mol. The molecule has 1 heterocycles. The molecule has 0 saturated heterocycles. The zero-order valence-electron chi connectivity index (χ0n) is 11.0. The van der Waals surface area contributed by atoms with Crippen LogP contribution in [0.5, 0.6) is 5.75 Å². The smallest absolute Gasteiger partial charge is 0.136 e. The third-order valence-corrected chi connectivity index (χ3v) is 3.82. The molecule has 0 spiro atoms. The van der Waals surface area contributed by atoms with Gasteiger partial charge in [0.2, 0.25) is 0 Å². The van der Waals surface area contributed by atoms with E-state index in [0.29, 0.717) is 15.9 Å². The predicted molar refractivity (Wildman–Crippen MR) is 84.6 cm³/mol. The Morgan fingerprint density at radius 3 is 2.90 bits per heavy atom. The highest BCUT2D eigenvalue weighted by Crippen LogP contribution is 2.28. The number of halogens is 2. The van der Waals surface area contributed by atoms with E-state index in [1.807, 2.05) is 24.3 Å². The van der Waals surface area contributed by atoms with Gasteiger partial charge in [-0.15, -0.1) is 0 Å². The summed E-state index contributed by atoms with van der Waals surface area (Å²) in [5.41, 5.74) is 8.31. The van der Waals surface area contributed by atoms with Crippen molar-refractivity contribution in [1.82, 2.24) is 4.98 Å². The van der Waals surface area contributed by atoms with Gasteiger partial charge in [-0.3, -0.25) is 4.98 Å². The normalized spacial score (nSPS) is 10.8. The van der Waals surface area contributed by atoms with Crippen LogP contribution in [-0.2, 0) is 6.61 Å². The number of benzene rings is 2. The van der Waals surface area contributed by atoms with Gasteiger partial charge in [-0.25, -0.2) is 4.39 Å². The second-order valence-corrected chi connectivity index (χ2v) is 5.43. The third kappa shape index (κ3) is 2.83. The number of hydrogen-bond donors (Lipinski definition) is 1. The van der Waals surface area contributed by atoms with Gasteiger partial charge in [0.05, 0.1) is 9.99 Å². The molecular weight excluding hydrogens is 335 g/mol. The summed E-state index contributed by atoms with van der Waals surface area (Å²) >= 11 is 3.34. The van der Waals surface area contributed by atoms with Crippen molar-refractivity contribution in [2.75, 3.05) is 5.73 Å². The van der Waals surface area contributed by atoms with E-state index in [1.165, 1.54) is 12.1 Å². The van der Waals surface area contributed by atoms with Crippen LogP contribution in [0.3, 0.4) is 0 Å². The van der Waals surface area contributed by atoms with E-state index in [0.717, 1.165) is 16.5 Å². The first kappa shape index (κ1) is 13.8. The second kappa shape index (κ2) is 5.69. The molecule has 3 nitrogen and oxygen atoms in total. The molecule has 0 atom stereocenters. The molecule has 3 rings (SSSR count). The lowest BCUT2D eigenvalue weighted by molar-refractivity contribution is 0.304. The van der Waals surface area contributed by atoms with Crippen LogP contribution in [0.2, 0.25) is 0 Å². The first-order chi connectivity index (χ1) is 10.1. The topological polar surface area (TPSA) is 48.1 Å². The molecule has 0 unspecified atom stereocenters. The Labute approximate surface area is 129 Å². The summed E-state index contributed by atoms with van der Waals surface area (Å²) in [4.78, 5) is 4.35. The molecule has 0 fully saturated rings. The number of rotatable bonds is 3. The van der Waals surface area contributed by atoms with E-state index in [9.17, 15) is 4.39 Å². The Morgan fingerprint density at radius 1 is 1.19 bits per heavy atom. The number of ether oxygens (including phenoxy) is 1. The quantitative estimate of drug-likeness (QED) is 0.719. The number of nitrogen functional groups attached to an aromatic ring is 1. The first-order valence-electron chi connectivity index (χ1n) is 6.35. The van der Waals surface area contributed by atoms with Crippen molar-refractivity contribution in [3.8, 4) is 5.75 Å². The Morgan fingerprint density at radius 2 is 2.05 bits per heavy atom. The zero-order valence-corrected chi connectivity index (χ0v) is 12.6. The molecule has 0 bridgehead atoms. The van der Waals surface area contributed by atoms with Crippen molar-refractivity contribution in [2.24, 2.45) is 0 Å². The molecule has 0 amide bonds. The lowest BCUT2D eigenvalue weighted by Gasteiger charge is -2.11. The molecule has 0 aliphatic rings. The van der Waals surface area contributed by atoms with E-state index in [1.54, 1.807) is 12.3 Å². The summed E-state index contributed by atoms with van der Waals surface area (Å²) in [6, 6.07) is 11.8. The number of fused-ring (bicyclic) bond motifs is 1. The Hall–Kier alpha value is -2.14. The van der Waals surface area contributed by atoms with Crippen LogP contribution in [0.1, 0.15) is 5.56 Å². The fourth-order valence-electron chi connectivity index (χ4n) is 2.11. The summed E-state index contributed by atoms with van der Waals surface area (Å²) in [5.74, 6) is 0.115. The maximum Gasteiger partial charge on any atom is 0.136 e. The summed E-state index contributed by atoms with van der Waals surface area (Å²) < 4.78 is 19.6. The lowest BCUT2D eigenvalue weighted by atomic mass is 10.1. The highest BCUT2D eigenvalue weighted by atomic mass is 79.9. The number of hydrogen-bond acceptors (Lipinski definition) is 3. The minimum Gasteiger partial charge on any atom is -0.488 e. The number of aromatic nitrogens is 1. The summed E-state index contributed by atoms with van der Waals surface area (Å²) in [5, 5.41) is 0.886. The van der Waals surface area contributed by atoms with Crippen LogP contribution in [0.25, 0.3) is 10.9 Å². The number of anilines is 1. The fraction of sp³-hybridized carbons (Fsp3) is 0.0625. The van der Waals surface area contributed by atoms with Gasteiger partial charge in [-0.2, -0.15) is 0 Å². The van der Waals surface area contributed by atoms with Crippen molar-refractivity contribution in [3.05, 3.63) is 64.5 Å². The van der Waals surface area contributed by atoms with Crippen molar-refractivity contribution in [1.29, 1.82) is 0 Å². The zero-order chi connectivity index (χ0) is 14.8. The van der Waals surface area contributed by atoms with Crippen LogP contribution in [0.15, 0.2) is 53.1 Å². The maximum absolute atomic E-state index is 13.2. The number of nitrogens with two attached hydrogens (primary N) is 1. The van der Waals surface area contributed by atoms with Gasteiger partial charge in [0.25, 0.3) is 0 Å². The van der Waals surface area contributed by atoms with Gasteiger partial charge in [0.15, 0.2) is 0 Å². The fourth-order valence-corrected chi connectivity index (χ4v) is 2.47. The predicted octanol–water partition coefficient (Wildman–Crippen LogP) is 4.30. The van der Waals surface area contributed by atoms with Gasteiger partial charge < -0.3 is 10.5 Å². The van der Waals surface area contributed by atoms with E-state index in [4.69, 9.17) is 10.5 Å². The van der Waals surface area contributed by atoms with Crippen molar-refractivity contribution >= 4 is 32.5 Å². The summed E-state index contributed by atoms with van der Waals surface area (Å²) in [7, 11) is 0. The average Bonchev–Trinajstić information content (AvgIpc) is 2.50. The Kier molecular flexibility index (Phi) is 3.75. The van der Waals surface area contributed by atoms with E-state index >= 15 is 0 Å². The van der Waals surface area contributed by atoms with Gasteiger partial charge in [-0.1, -0.05) is 6.07 Å². The van der Waals surface area contributed by atoms with Gasteiger partial charge in [0.1, 0.15) is 18.2 Å². The maximum atomic E-state index is 13.2. The first-order valence-corrected chi connectivity index (χ1v) is 7.14. The van der Waals surface area contributed by atoms with Gasteiger partial charge in [-0.05, 0) is 46.3 Å². The van der Waals surface area contributed by atoms with E-state index < -0.39 is 0 Å². The highest BCUT2D eigenvalue weighted by molar-refractivity contribution is 9.10. The molecule has 0 aliphatic carbocycles. The van der Waals surface area contributed by atoms with Crippen molar-refractivity contribution in [3.63, 3.8) is 0 Å². The van der Waals surface area contributed by atoms with Crippen molar-refractivity contribution in [2.45, 2.75) is 6.61 Å². The van der Waals surface area contributed by atoms with Gasteiger partial charge >= 0.3 is 0 Å². The third-order valence-electron chi connectivity index (χ3n) is 3.16. The number of nitrogens with zero attached hydrogens (tertiary/aromatic N) is 1. The second-order valence-electron chi connectivity index (χ2n) is 4.58. The minimum absolute atomic E-state index is 0.288. The Balaban J connectivity index is 1.92. The Bertz CT molecular complexity index is 807. The summed E-state index contributed by atoms with van der Waals surface area (Å²) in [6.07, 6.45) is 1.71. The van der Waals surface area contributed by atoms with Crippen LogP contribution in [-0.4, -0.2) is 4.98 Å². The molecule has 3 aromatic rings. The van der Waals surface area contributed by atoms with Crippen LogP contribution < -0.4 is 10.5 Å². The lowest BCUT2D eigenvalue weighted by Crippen LogP contribution is -2.00. The monoisotopic (exact) mass is 346 g/mol. The molecule has 0 saturated carbocycles. The van der Waals surface area contributed by atoms with Crippen LogP contribution >= 0.6 is 15.9 Å².